The SMILES string of the molecule is Cc1c(CO)n2c(COC(=O)c3ccccc3Cl)c(C)c(=O)n2c1=O. The molecule has 0 aliphatic carbocycles. The summed E-state index contributed by atoms with van der Waals surface area (Å²) in [5, 5.41) is 9.80. The minimum atomic E-state index is -0.645. The Morgan fingerprint density at radius 1 is 1.08 bits per heavy atom. The van der Waals surface area contributed by atoms with E-state index in [9.17, 15) is 19.5 Å². The van der Waals surface area contributed by atoms with E-state index in [2.05, 4.69) is 0 Å². The summed E-state index contributed by atoms with van der Waals surface area (Å²) in [5.74, 6) is -0.645. The van der Waals surface area contributed by atoms with Crippen LogP contribution in [0, 0.1) is 13.8 Å². The van der Waals surface area contributed by atoms with Crippen LogP contribution in [-0.4, -0.2) is 20.1 Å². The lowest BCUT2D eigenvalue weighted by molar-refractivity contribution is 0.0464. The summed E-state index contributed by atoms with van der Waals surface area (Å²) in [5.41, 5.74) is 0.378. The first-order valence-electron chi connectivity index (χ1n) is 7.49. The van der Waals surface area contributed by atoms with E-state index in [1.54, 1.807) is 18.2 Å². The number of carbonyl (C=O) groups excluding carboxylic acids is 1. The van der Waals surface area contributed by atoms with Gasteiger partial charge in [0.15, 0.2) is 0 Å². The average Bonchev–Trinajstić information content (AvgIpc) is 2.99. The molecule has 1 N–H and O–H groups in total. The van der Waals surface area contributed by atoms with Crippen LogP contribution in [0.2, 0.25) is 5.02 Å². The van der Waals surface area contributed by atoms with Crippen molar-refractivity contribution in [3.8, 4) is 0 Å². The summed E-state index contributed by atoms with van der Waals surface area (Å²) < 4.78 is 7.52. The lowest BCUT2D eigenvalue weighted by atomic mass is 10.2. The van der Waals surface area contributed by atoms with E-state index in [0.29, 0.717) is 11.4 Å². The summed E-state index contributed by atoms with van der Waals surface area (Å²) in [6.45, 7) is 2.41. The van der Waals surface area contributed by atoms with Crippen LogP contribution in [-0.2, 0) is 18.0 Å². The van der Waals surface area contributed by atoms with Crippen molar-refractivity contribution in [3.63, 3.8) is 0 Å². The Hall–Kier alpha value is -2.64. The molecule has 7 nitrogen and oxygen atoms in total. The summed E-state index contributed by atoms with van der Waals surface area (Å²) in [6, 6.07) is 6.44. The standard InChI is InChI=1S/C17H15ClN2O5/c1-9-13(7-21)19-14(10(2)16(23)20(19)15(9)22)8-25-17(24)11-5-3-4-6-12(11)18/h3-6,21H,7-8H2,1-2H3. The van der Waals surface area contributed by atoms with Crippen molar-refractivity contribution in [1.29, 1.82) is 0 Å². The second-order valence-electron chi connectivity index (χ2n) is 5.59. The zero-order valence-corrected chi connectivity index (χ0v) is 14.3. The van der Waals surface area contributed by atoms with Gasteiger partial charge in [-0.1, -0.05) is 23.7 Å². The first-order chi connectivity index (χ1) is 11.9. The molecule has 0 saturated heterocycles. The monoisotopic (exact) mass is 362 g/mol. The molecule has 25 heavy (non-hydrogen) atoms. The van der Waals surface area contributed by atoms with Gasteiger partial charge in [0.25, 0.3) is 11.1 Å². The molecule has 2 heterocycles. The molecule has 0 bridgehead atoms. The van der Waals surface area contributed by atoms with Gasteiger partial charge < -0.3 is 9.84 Å². The molecule has 2 aromatic heterocycles. The number of esters is 1. The maximum Gasteiger partial charge on any atom is 0.340 e. The molecule has 130 valence electrons. The highest BCUT2D eigenvalue weighted by Gasteiger charge is 2.23. The number of rotatable bonds is 4. The molecule has 0 unspecified atom stereocenters. The minimum absolute atomic E-state index is 0.204. The second-order valence-corrected chi connectivity index (χ2v) is 6.00. The third-order valence-electron chi connectivity index (χ3n) is 4.19. The number of aromatic nitrogens is 2. The van der Waals surface area contributed by atoms with Gasteiger partial charge in [0.05, 0.1) is 28.6 Å². The topological polar surface area (TPSA) is 89.5 Å². The van der Waals surface area contributed by atoms with Crippen molar-refractivity contribution in [2.24, 2.45) is 0 Å². The molecule has 0 saturated carbocycles. The molecule has 3 aromatic rings. The van der Waals surface area contributed by atoms with Gasteiger partial charge in [0.1, 0.15) is 6.61 Å². The molecule has 1 aromatic carbocycles. The van der Waals surface area contributed by atoms with Crippen molar-refractivity contribution in [1.82, 2.24) is 9.03 Å². The predicted molar refractivity (Wildman–Crippen MR) is 90.5 cm³/mol. The van der Waals surface area contributed by atoms with Gasteiger partial charge in [0, 0.05) is 11.1 Å². The number of halogens is 1. The number of fused-ring (bicyclic) bond motifs is 1. The molecule has 0 aliphatic heterocycles. The van der Waals surface area contributed by atoms with E-state index in [0.717, 1.165) is 4.52 Å². The van der Waals surface area contributed by atoms with E-state index in [1.165, 1.54) is 24.4 Å². The number of benzene rings is 1. The normalized spacial score (nSPS) is 11.2. The highest BCUT2D eigenvalue weighted by atomic mass is 35.5. The lowest BCUT2D eigenvalue weighted by Crippen LogP contribution is -2.23. The molecule has 0 atom stereocenters. The summed E-state index contributed by atoms with van der Waals surface area (Å²) in [4.78, 5) is 36.7. The molecule has 0 amide bonds. The second kappa shape index (κ2) is 6.34. The zero-order valence-electron chi connectivity index (χ0n) is 13.6. The third kappa shape index (κ3) is 2.61. The maximum atomic E-state index is 12.3. The Labute approximate surface area is 147 Å². The smallest absolute Gasteiger partial charge is 0.340 e. The summed E-state index contributed by atoms with van der Waals surface area (Å²) in [6.07, 6.45) is 0. The molecule has 0 aliphatic rings. The van der Waals surface area contributed by atoms with Crippen LogP contribution in [0.5, 0.6) is 0 Å². The third-order valence-corrected chi connectivity index (χ3v) is 4.52. The van der Waals surface area contributed by atoms with Crippen molar-refractivity contribution in [2.75, 3.05) is 0 Å². The van der Waals surface area contributed by atoms with Crippen LogP contribution < -0.4 is 11.1 Å². The Balaban J connectivity index is 2.03. The van der Waals surface area contributed by atoms with Crippen LogP contribution in [0.4, 0.5) is 0 Å². The number of ether oxygens (including phenoxy) is 1. The Kier molecular flexibility index (Phi) is 4.36. The lowest BCUT2D eigenvalue weighted by Gasteiger charge is -2.08. The van der Waals surface area contributed by atoms with Gasteiger partial charge in [-0.15, -0.1) is 0 Å². The average molecular weight is 363 g/mol. The number of carbonyl (C=O) groups is 1. The van der Waals surface area contributed by atoms with E-state index < -0.39 is 23.7 Å². The Bertz CT molecular complexity index is 1080. The predicted octanol–water partition coefficient (Wildman–Crippen LogP) is 1.32. The fourth-order valence-corrected chi connectivity index (χ4v) is 2.97. The summed E-state index contributed by atoms with van der Waals surface area (Å²) >= 11 is 5.97. The fourth-order valence-electron chi connectivity index (χ4n) is 2.75. The van der Waals surface area contributed by atoms with Crippen molar-refractivity contribution >= 4 is 17.6 Å². The van der Waals surface area contributed by atoms with E-state index in [1.807, 2.05) is 0 Å². The molecular weight excluding hydrogens is 348 g/mol. The van der Waals surface area contributed by atoms with Crippen LogP contribution in [0.3, 0.4) is 0 Å². The first kappa shape index (κ1) is 17.2. The molecule has 0 fully saturated rings. The van der Waals surface area contributed by atoms with E-state index >= 15 is 0 Å². The van der Waals surface area contributed by atoms with Crippen molar-refractivity contribution in [3.05, 3.63) is 78.1 Å². The maximum absolute atomic E-state index is 12.3. The molecule has 0 radical (unpaired) electrons. The van der Waals surface area contributed by atoms with Crippen LogP contribution in [0.1, 0.15) is 32.9 Å². The van der Waals surface area contributed by atoms with Gasteiger partial charge >= 0.3 is 5.97 Å². The highest BCUT2D eigenvalue weighted by molar-refractivity contribution is 6.33. The van der Waals surface area contributed by atoms with Gasteiger partial charge in [-0.3, -0.25) is 9.59 Å². The van der Waals surface area contributed by atoms with E-state index in [4.69, 9.17) is 16.3 Å². The van der Waals surface area contributed by atoms with Crippen molar-refractivity contribution in [2.45, 2.75) is 27.1 Å². The number of hydrogen-bond acceptors (Lipinski definition) is 5. The fraction of sp³-hybridized carbons (Fsp3) is 0.235. The quantitative estimate of drug-likeness (QED) is 0.707. The van der Waals surface area contributed by atoms with Gasteiger partial charge in [-0.25, -0.2) is 9.31 Å². The Morgan fingerprint density at radius 3 is 2.28 bits per heavy atom. The first-order valence-corrected chi connectivity index (χ1v) is 7.87. The van der Waals surface area contributed by atoms with Crippen LogP contribution >= 0.6 is 11.6 Å². The van der Waals surface area contributed by atoms with Crippen LogP contribution in [0.15, 0.2) is 33.9 Å². The summed E-state index contributed by atoms with van der Waals surface area (Å²) in [7, 11) is 0. The van der Waals surface area contributed by atoms with Gasteiger partial charge in [-0.2, -0.15) is 4.52 Å². The largest absolute Gasteiger partial charge is 0.456 e. The highest BCUT2D eigenvalue weighted by Crippen LogP contribution is 2.18. The minimum Gasteiger partial charge on any atom is -0.456 e. The molecule has 0 spiro atoms. The number of hydrogen-bond donors (Lipinski definition) is 1. The number of nitrogens with zero attached hydrogens (tertiary/aromatic N) is 2. The van der Waals surface area contributed by atoms with Crippen LogP contribution in [0.25, 0.3) is 0 Å². The molecule has 8 heteroatoms. The zero-order chi connectivity index (χ0) is 18.3. The Morgan fingerprint density at radius 2 is 1.68 bits per heavy atom. The number of aliphatic hydroxyl groups excluding tert-OH is 1. The van der Waals surface area contributed by atoms with E-state index in [-0.39, 0.29) is 28.3 Å². The van der Waals surface area contributed by atoms with Gasteiger partial charge in [0.2, 0.25) is 0 Å². The molecule has 3 rings (SSSR count). The van der Waals surface area contributed by atoms with Gasteiger partial charge in [-0.05, 0) is 26.0 Å². The molecular formula is C17H15ClN2O5. The van der Waals surface area contributed by atoms with Crippen molar-refractivity contribution < 1.29 is 14.6 Å². The number of aliphatic hydroxyl groups is 1.